The Hall–Kier alpha value is -1.52. The summed E-state index contributed by atoms with van der Waals surface area (Å²) >= 11 is 0. The fourth-order valence-corrected chi connectivity index (χ4v) is 1.99. The Morgan fingerprint density at radius 2 is 1.96 bits per heavy atom. The number of aliphatic hydroxyl groups is 2. The summed E-state index contributed by atoms with van der Waals surface area (Å²) in [7, 11) is -0.826. The summed E-state index contributed by atoms with van der Waals surface area (Å²) in [5, 5.41) is 31.0. The maximum absolute atomic E-state index is 9.91. The third kappa shape index (κ3) is 8.05. The molecule has 0 fully saturated rings. The average molecular weight is 319 g/mol. The van der Waals surface area contributed by atoms with Crippen LogP contribution in [-0.2, 0) is 0 Å². The third-order valence-corrected chi connectivity index (χ3v) is 3.27. The number of benzene rings is 1. The molecule has 126 valence electrons. The minimum atomic E-state index is -1.07. The molecule has 0 amide bonds. The molecule has 0 aliphatic rings. The van der Waals surface area contributed by atoms with Crippen LogP contribution in [-0.4, -0.2) is 47.6 Å². The maximum atomic E-state index is 9.91. The molecule has 0 unspecified atom stereocenters. The summed E-state index contributed by atoms with van der Waals surface area (Å²) in [5.41, 5.74) is 0.749. The van der Waals surface area contributed by atoms with Gasteiger partial charge >= 0.3 is 7.05 Å². The van der Waals surface area contributed by atoms with E-state index >= 15 is 0 Å². The molecule has 0 aliphatic carbocycles. The number of hydrogen-bond acceptors (Lipinski definition) is 5. The van der Waals surface area contributed by atoms with E-state index in [1.165, 1.54) is 13.2 Å². The number of aliphatic hydroxyl groups excluding tert-OH is 2. The van der Waals surface area contributed by atoms with Crippen LogP contribution in [0.4, 0.5) is 0 Å². The normalized spacial score (nSPS) is 12.9. The minimum Gasteiger partial charge on any atom is -0.494 e. The minimum absolute atomic E-state index is 0.314. The molecule has 0 aliphatic heterocycles. The van der Waals surface area contributed by atoms with E-state index in [0.717, 1.165) is 24.2 Å². The SMILES string of the molecule is CCCCCOc1ccc(C#C[C@H](O)[C@@H](CO)NB(C)O)cc1. The molecule has 23 heavy (non-hydrogen) atoms. The Morgan fingerprint density at radius 3 is 2.52 bits per heavy atom. The molecule has 1 aromatic rings. The first kappa shape index (κ1) is 19.5. The first-order valence-corrected chi connectivity index (χ1v) is 8.04. The van der Waals surface area contributed by atoms with Crippen LogP contribution in [0.2, 0.25) is 6.82 Å². The molecule has 0 heterocycles. The fourth-order valence-electron chi connectivity index (χ4n) is 1.99. The van der Waals surface area contributed by atoms with Gasteiger partial charge in [-0.3, -0.25) is 0 Å². The summed E-state index contributed by atoms with van der Waals surface area (Å²) < 4.78 is 5.62. The fraction of sp³-hybridized carbons (Fsp3) is 0.529. The van der Waals surface area contributed by atoms with Gasteiger partial charge in [0.2, 0.25) is 0 Å². The Labute approximate surface area is 138 Å². The molecular formula is C17H26BNO4. The summed E-state index contributed by atoms with van der Waals surface area (Å²) in [6.45, 7) is 4.06. The standard InChI is InChI=1S/C17H26BNO4/c1-3-4-5-12-23-15-9-6-14(7-10-15)8-11-17(21)16(13-20)19-18(2)22/h6-7,9-10,16-17,19-22H,3-5,12-13H2,1-2H3/t16-,17+/m1/s1. The van der Waals surface area contributed by atoms with Gasteiger partial charge in [0.05, 0.1) is 19.3 Å². The summed E-state index contributed by atoms with van der Waals surface area (Å²) in [6, 6.07) is 6.65. The van der Waals surface area contributed by atoms with Crippen LogP contribution in [0.1, 0.15) is 31.7 Å². The Kier molecular flexibility index (Phi) is 9.42. The first-order chi connectivity index (χ1) is 11.1. The molecule has 1 rings (SSSR count). The number of nitrogens with one attached hydrogen (secondary N) is 1. The van der Waals surface area contributed by atoms with Crippen LogP contribution < -0.4 is 9.96 Å². The van der Waals surface area contributed by atoms with Gasteiger partial charge < -0.3 is 25.2 Å². The Morgan fingerprint density at radius 1 is 1.26 bits per heavy atom. The van der Waals surface area contributed by atoms with Gasteiger partial charge in [0.25, 0.3) is 0 Å². The van der Waals surface area contributed by atoms with Crippen LogP contribution in [0, 0.1) is 11.8 Å². The summed E-state index contributed by atoms with van der Waals surface area (Å²) in [6.07, 6.45) is 2.30. The molecule has 0 spiro atoms. The van der Waals surface area contributed by atoms with Gasteiger partial charge in [0, 0.05) is 5.56 Å². The molecule has 5 nitrogen and oxygen atoms in total. The molecule has 4 N–H and O–H groups in total. The van der Waals surface area contributed by atoms with Crippen molar-refractivity contribution in [2.45, 2.75) is 45.2 Å². The van der Waals surface area contributed by atoms with Crippen molar-refractivity contribution >= 4 is 7.05 Å². The molecule has 0 bridgehead atoms. The second-order valence-electron chi connectivity index (χ2n) is 5.43. The summed E-state index contributed by atoms with van der Waals surface area (Å²) in [5.74, 6) is 6.32. The van der Waals surface area contributed by atoms with Gasteiger partial charge in [0.15, 0.2) is 0 Å². The second-order valence-corrected chi connectivity index (χ2v) is 5.43. The van der Waals surface area contributed by atoms with Crippen molar-refractivity contribution in [1.82, 2.24) is 5.23 Å². The van der Waals surface area contributed by atoms with Crippen molar-refractivity contribution in [3.63, 3.8) is 0 Å². The number of hydrogen-bond donors (Lipinski definition) is 4. The molecule has 2 atom stereocenters. The highest BCUT2D eigenvalue weighted by molar-refractivity contribution is 6.45. The van der Waals surface area contributed by atoms with Crippen molar-refractivity contribution in [1.29, 1.82) is 0 Å². The molecule has 0 saturated heterocycles. The molecule has 0 radical (unpaired) electrons. The predicted molar refractivity (Wildman–Crippen MR) is 92.2 cm³/mol. The third-order valence-electron chi connectivity index (χ3n) is 3.27. The lowest BCUT2D eigenvalue weighted by molar-refractivity contribution is 0.139. The van der Waals surface area contributed by atoms with Crippen LogP contribution in [0.25, 0.3) is 0 Å². The lowest BCUT2D eigenvalue weighted by Crippen LogP contribution is -2.48. The molecule has 1 aromatic carbocycles. The number of ether oxygens (including phenoxy) is 1. The van der Waals surface area contributed by atoms with Crippen molar-refractivity contribution in [3.8, 4) is 17.6 Å². The Balaban J connectivity index is 2.54. The van der Waals surface area contributed by atoms with Crippen molar-refractivity contribution < 1.29 is 20.0 Å². The van der Waals surface area contributed by atoms with E-state index in [4.69, 9.17) is 4.74 Å². The van der Waals surface area contributed by atoms with Gasteiger partial charge in [-0.15, -0.1) is 0 Å². The van der Waals surface area contributed by atoms with Crippen molar-refractivity contribution in [3.05, 3.63) is 29.8 Å². The quantitative estimate of drug-likeness (QED) is 0.310. The van der Waals surface area contributed by atoms with Gasteiger partial charge in [-0.25, -0.2) is 0 Å². The van der Waals surface area contributed by atoms with Gasteiger partial charge in [-0.2, -0.15) is 0 Å². The topological polar surface area (TPSA) is 82.0 Å². The van der Waals surface area contributed by atoms with E-state index in [1.807, 2.05) is 24.3 Å². The molecular weight excluding hydrogens is 293 g/mol. The highest BCUT2D eigenvalue weighted by Crippen LogP contribution is 2.12. The van der Waals surface area contributed by atoms with E-state index in [9.17, 15) is 15.2 Å². The van der Waals surface area contributed by atoms with Crippen LogP contribution in [0.3, 0.4) is 0 Å². The van der Waals surface area contributed by atoms with E-state index in [-0.39, 0.29) is 6.61 Å². The number of unbranched alkanes of at least 4 members (excludes halogenated alkanes) is 2. The van der Waals surface area contributed by atoms with Crippen molar-refractivity contribution in [2.75, 3.05) is 13.2 Å². The van der Waals surface area contributed by atoms with Gasteiger partial charge in [-0.1, -0.05) is 31.6 Å². The zero-order chi connectivity index (χ0) is 17.1. The van der Waals surface area contributed by atoms with Crippen LogP contribution >= 0.6 is 0 Å². The van der Waals surface area contributed by atoms with Crippen LogP contribution in [0.15, 0.2) is 24.3 Å². The lowest BCUT2D eigenvalue weighted by atomic mass is 9.86. The molecule has 0 aromatic heterocycles. The van der Waals surface area contributed by atoms with Crippen LogP contribution in [0.5, 0.6) is 5.75 Å². The second kappa shape index (κ2) is 11.1. The maximum Gasteiger partial charge on any atom is 0.374 e. The van der Waals surface area contributed by atoms with E-state index in [2.05, 4.69) is 24.0 Å². The zero-order valence-corrected chi connectivity index (χ0v) is 13.8. The van der Waals surface area contributed by atoms with E-state index in [1.54, 1.807) is 0 Å². The highest BCUT2D eigenvalue weighted by Gasteiger charge is 2.19. The number of rotatable bonds is 9. The monoisotopic (exact) mass is 319 g/mol. The van der Waals surface area contributed by atoms with Crippen molar-refractivity contribution in [2.24, 2.45) is 0 Å². The van der Waals surface area contributed by atoms with E-state index < -0.39 is 19.2 Å². The average Bonchev–Trinajstić information content (AvgIpc) is 2.55. The van der Waals surface area contributed by atoms with E-state index in [0.29, 0.717) is 6.61 Å². The highest BCUT2D eigenvalue weighted by atomic mass is 16.5. The lowest BCUT2D eigenvalue weighted by Gasteiger charge is -2.18. The predicted octanol–water partition coefficient (Wildman–Crippen LogP) is 1.03. The Bertz CT molecular complexity index is 496. The molecule has 0 saturated carbocycles. The first-order valence-electron chi connectivity index (χ1n) is 8.04. The largest absolute Gasteiger partial charge is 0.494 e. The zero-order valence-electron chi connectivity index (χ0n) is 13.8. The summed E-state index contributed by atoms with van der Waals surface area (Å²) in [4.78, 5) is 0. The molecule has 6 heteroatoms. The van der Waals surface area contributed by atoms with Gasteiger partial charge in [-0.05, 0) is 37.5 Å². The van der Waals surface area contributed by atoms with Gasteiger partial charge in [0.1, 0.15) is 11.9 Å². The smallest absolute Gasteiger partial charge is 0.374 e.